The Balaban J connectivity index is 2.30. The molecule has 0 radical (unpaired) electrons. The third kappa shape index (κ3) is 3.16. The summed E-state index contributed by atoms with van der Waals surface area (Å²) in [6, 6.07) is 5.38. The fourth-order valence-electron chi connectivity index (χ4n) is 1.65. The highest BCUT2D eigenvalue weighted by Gasteiger charge is 2.21. The molecule has 0 bridgehead atoms. The quantitative estimate of drug-likeness (QED) is 0.653. The minimum Gasteiger partial charge on any atom is -0.502 e. The van der Waals surface area contributed by atoms with Crippen LogP contribution in [0, 0.1) is 17.0 Å². The maximum Gasteiger partial charge on any atom is 0.311 e. The molecule has 1 aromatic heterocycles. The highest BCUT2D eigenvalue weighted by Crippen LogP contribution is 2.29. The van der Waals surface area contributed by atoms with Gasteiger partial charge in [0.1, 0.15) is 5.82 Å². The van der Waals surface area contributed by atoms with E-state index in [1.165, 1.54) is 18.3 Å². The number of rotatable bonds is 3. The first-order valence-corrected chi connectivity index (χ1v) is 6.59. The Morgan fingerprint density at radius 2 is 2.19 bits per heavy atom. The van der Waals surface area contributed by atoms with E-state index >= 15 is 0 Å². The van der Waals surface area contributed by atoms with Gasteiger partial charge in [0.05, 0.1) is 10.5 Å². The molecule has 0 unspecified atom stereocenters. The molecule has 1 amide bonds. The number of carbonyl (C=O) groups excluding carboxylic acids is 1. The van der Waals surface area contributed by atoms with Gasteiger partial charge in [0.15, 0.2) is 0 Å². The first kappa shape index (κ1) is 14.9. The Morgan fingerprint density at radius 1 is 1.48 bits per heavy atom. The van der Waals surface area contributed by atoms with E-state index in [2.05, 4.69) is 26.2 Å². The Bertz CT molecular complexity index is 733. The number of nitro benzene ring substituents is 1. The Labute approximate surface area is 127 Å². The van der Waals surface area contributed by atoms with E-state index < -0.39 is 22.3 Å². The van der Waals surface area contributed by atoms with Crippen molar-refractivity contribution < 1.29 is 14.8 Å². The van der Waals surface area contributed by atoms with Gasteiger partial charge in [-0.3, -0.25) is 14.9 Å². The third-order valence-electron chi connectivity index (χ3n) is 2.74. The van der Waals surface area contributed by atoms with Crippen LogP contribution < -0.4 is 5.32 Å². The molecule has 2 aromatic rings. The number of aryl methyl sites for hydroxylation is 1. The van der Waals surface area contributed by atoms with E-state index in [1.54, 1.807) is 6.07 Å². The maximum absolute atomic E-state index is 12.1. The summed E-state index contributed by atoms with van der Waals surface area (Å²) >= 11 is 3.29. The van der Waals surface area contributed by atoms with E-state index in [4.69, 9.17) is 0 Å². The van der Waals surface area contributed by atoms with Gasteiger partial charge in [-0.15, -0.1) is 0 Å². The number of nitrogens with zero attached hydrogens (tertiary/aromatic N) is 2. The van der Waals surface area contributed by atoms with Gasteiger partial charge in [-0.05, 0) is 40.5 Å². The Hall–Kier alpha value is -2.48. The van der Waals surface area contributed by atoms with Gasteiger partial charge in [-0.25, -0.2) is 4.98 Å². The maximum atomic E-state index is 12.1. The number of pyridine rings is 1. The van der Waals surface area contributed by atoms with Crippen molar-refractivity contribution in [3.63, 3.8) is 0 Å². The predicted molar refractivity (Wildman–Crippen MR) is 79.4 cm³/mol. The van der Waals surface area contributed by atoms with E-state index in [1.807, 2.05) is 6.92 Å². The summed E-state index contributed by atoms with van der Waals surface area (Å²) in [6.07, 6.45) is 1.53. The minimum atomic E-state index is -0.756. The Morgan fingerprint density at radius 3 is 2.81 bits per heavy atom. The van der Waals surface area contributed by atoms with Crippen LogP contribution in [0.2, 0.25) is 0 Å². The highest BCUT2D eigenvalue weighted by atomic mass is 79.9. The molecule has 1 aromatic carbocycles. The minimum absolute atomic E-state index is 0.188. The van der Waals surface area contributed by atoms with E-state index in [0.29, 0.717) is 0 Å². The zero-order valence-corrected chi connectivity index (χ0v) is 12.4. The normalized spacial score (nSPS) is 10.2. The van der Waals surface area contributed by atoms with Gasteiger partial charge in [0, 0.05) is 16.7 Å². The van der Waals surface area contributed by atoms with Gasteiger partial charge in [0.2, 0.25) is 5.75 Å². The van der Waals surface area contributed by atoms with Crippen molar-refractivity contribution >= 4 is 33.3 Å². The number of aromatic hydroxyl groups is 1. The number of hydrogen-bond donors (Lipinski definition) is 2. The van der Waals surface area contributed by atoms with Crippen LogP contribution in [0.15, 0.2) is 34.9 Å². The molecule has 7 nitrogen and oxygen atoms in total. The van der Waals surface area contributed by atoms with Crippen molar-refractivity contribution in [3.05, 3.63) is 56.2 Å². The molecule has 0 aliphatic heterocycles. The van der Waals surface area contributed by atoms with Crippen LogP contribution in [-0.2, 0) is 0 Å². The Kier molecular flexibility index (Phi) is 4.18. The number of nitrogens with one attached hydrogen (secondary N) is 1. The van der Waals surface area contributed by atoms with Crippen LogP contribution in [0.5, 0.6) is 5.75 Å². The lowest BCUT2D eigenvalue weighted by Crippen LogP contribution is -2.13. The molecule has 0 fully saturated rings. The van der Waals surface area contributed by atoms with Crippen LogP contribution in [0.3, 0.4) is 0 Å². The van der Waals surface area contributed by atoms with E-state index in [-0.39, 0.29) is 11.4 Å². The van der Waals surface area contributed by atoms with Gasteiger partial charge in [-0.2, -0.15) is 0 Å². The second-order valence-corrected chi connectivity index (χ2v) is 5.06. The molecule has 0 aliphatic rings. The number of phenols is 1. The van der Waals surface area contributed by atoms with Crippen LogP contribution >= 0.6 is 15.9 Å². The molecule has 2 rings (SSSR count). The zero-order chi connectivity index (χ0) is 15.6. The van der Waals surface area contributed by atoms with Gasteiger partial charge in [-0.1, -0.05) is 6.07 Å². The number of phenolic OH excluding ortho intramolecular Hbond substituents is 1. The molecule has 2 N–H and O–H groups in total. The topological polar surface area (TPSA) is 105 Å². The molecule has 108 valence electrons. The molecule has 1 heterocycles. The van der Waals surface area contributed by atoms with E-state index in [0.717, 1.165) is 16.1 Å². The summed E-state index contributed by atoms with van der Waals surface area (Å²) < 4.78 is 0.790. The van der Waals surface area contributed by atoms with Crippen molar-refractivity contribution in [1.29, 1.82) is 0 Å². The average Bonchev–Trinajstić information content (AvgIpc) is 2.42. The monoisotopic (exact) mass is 351 g/mol. The van der Waals surface area contributed by atoms with Crippen molar-refractivity contribution in [2.75, 3.05) is 5.32 Å². The van der Waals surface area contributed by atoms with Crippen LogP contribution in [0.1, 0.15) is 15.9 Å². The molecule has 8 heteroatoms. The first-order valence-electron chi connectivity index (χ1n) is 5.80. The summed E-state index contributed by atoms with van der Waals surface area (Å²) in [5, 5.41) is 23.0. The molecule has 0 aliphatic carbocycles. The first-order chi connectivity index (χ1) is 9.90. The number of nitro groups is 1. The molecule has 0 atom stereocenters. The van der Waals surface area contributed by atoms with E-state index in [9.17, 15) is 20.0 Å². The molecule has 21 heavy (non-hydrogen) atoms. The van der Waals surface area contributed by atoms with Crippen molar-refractivity contribution in [2.45, 2.75) is 6.92 Å². The SMILES string of the molecule is Cc1cc(NC(=O)c2cccc([N+](=O)[O-])c2O)ncc1Br. The van der Waals surface area contributed by atoms with Crippen molar-refractivity contribution in [2.24, 2.45) is 0 Å². The number of benzene rings is 1. The fourth-order valence-corrected chi connectivity index (χ4v) is 1.87. The summed E-state index contributed by atoms with van der Waals surface area (Å²) in [4.78, 5) is 26.0. The number of hydrogen-bond acceptors (Lipinski definition) is 5. The lowest BCUT2D eigenvalue weighted by Gasteiger charge is -2.07. The summed E-state index contributed by atoms with van der Waals surface area (Å²) in [6.45, 7) is 1.83. The lowest BCUT2D eigenvalue weighted by molar-refractivity contribution is -0.385. The summed E-state index contributed by atoms with van der Waals surface area (Å²) in [7, 11) is 0. The molecular formula is C13H10BrN3O4. The van der Waals surface area contributed by atoms with Crippen molar-refractivity contribution in [3.8, 4) is 5.75 Å². The molecule has 0 spiro atoms. The standard InChI is InChI=1S/C13H10BrN3O4/c1-7-5-11(15-6-9(7)14)16-13(19)8-3-2-4-10(12(8)18)17(20)21/h2-6,18H,1H3,(H,15,16,19). The number of para-hydroxylation sites is 1. The lowest BCUT2D eigenvalue weighted by atomic mass is 10.1. The van der Waals surface area contributed by atoms with Crippen LogP contribution in [-0.4, -0.2) is 20.9 Å². The highest BCUT2D eigenvalue weighted by molar-refractivity contribution is 9.10. The predicted octanol–water partition coefficient (Wildman–Crippen LogP) is 3.02. The van der Waals surface area contributed by atoms with Gasteiger partial charge in [0.25, 0.3) is 5.91 Å². The number of carbonyl (C=O) groups is 1. The molecule has 0 saturated carbocycles. The van der Waals surface area contributed by atoms with Crippen LogP contribution in [0.25, 0.3) is 0 Å². The smallest absolute Gasteiger partial charge is 0.311 e. The number of aromatic nitrogens is 1. The van der Waals surface area contributed by atoms with Crippen molar-refractivity contribution in [1.82, 2.24) is 4.98 Å². The molecule has 0 saturated heterocycles. The zero-order valence-electron chi connectivity index (χ0n) is 10.8. The second-order valence-electron chi connectivity index (χ2n) is 4.20. The fraction of sp³-hybridized carbons (Fsp3) is 0.0769. The summed E-state index contributed by atoms with van der Waals surface area (Å²) in [5.41, 5.74) is 0.151. The van der Waals surface area contributed by atoms with Crippen LogP contribution in [0.4, 0.5) is 11.5 Å². The largest absolute Gasteiger partial charge is 0.502 e. The number of amides is 1. The summed E-state index contributed by atoms with van der Waals surface area (Å²) in [5.74, 6) is -1.06. The van der Waals surface area contributed by atoms with Gasteiger partial charge < -0.3 is 10.4 Å². The average molecular weight is 352 g/mol. The number of halogens is 1. The third-order valence-corrected chi connectivity index (χ3v) is 3.57. The van der Waals surface area contributed by atoms with Gasteiger partial charge >= 0.3 is 5.69 Å². The number of anilines is 1. The molecular weight excluding hydrogens is 342 g/mol. The second kappa shape index (κ2) is 5.88.